The van der Waals surface area contributed by atoms with Crippen molar-refractivity contribution in [3.8, 4) is 0 Å². The lowest BCUT2D eigenvalue weighted by atomic mass is 9.86. The fraction of sp³-hybridized carbons (Fsp3) is 0.419. The molecule has 1 aromatic heterocycles. The number of ether oxygens (including phenoxy) is 2. The van der Waals surface area contributed by atoms with Gasteiger partial charge in [-0.3, -0.25) is 4.90 Å². The van der Waals surface area contributed by atoms with E-state index in [1.54, 1.807) is 0 Å². The fourth-order valence-corrected chi connectivity index (χ4v) is 6.49. The summed E-state index contributed by atoms with van der Waals surface area (Å²) in [6.45, 7) is 9.66. The first-order valence-corrected chi connectivity index (χ1v) is 14.4. The average Bonchev–Trinajstić information content (AvgIpc) is 3.37. The highest BCUT2D eigenvalue weighted by Gasteiger charge is 2.27. The van der Waals surface area contributed by atoms with E-state index in [1.165, 1.54) is 24.0 Å². The topological polar surface area (TPSA) is 79.9 Å². The largest absolute Gasteiger partial charge is 0.465 e. The SMILES string of the molecule is COC(=O)c1sc(C(C)(C)C)cc1NC(=O)Nc1ccc2ccccc2c1C1=CC(N2CCOCC2)CCC1. The Hall–Kier alpha value is -3.20. The second-order valence-corrected chi connectivity index (χ2v) is 12.2. The number of urea groups is 1. The van der Waals surface area contributed by atoms with E-state index in [0.29, 0.717) is 16.6 Å². The number of nitrogens with zero attached hydrogens (tertiary/aromatic N) is 1. The molecule has 1 aliphatic carbocycles. The van der Waals surface area contributed by atoms with E-state index in [1.807, 2.05) is 30.3 Å². The molecule has 2 heterocycles. The van der Waals surface area contributed by atoms with Gasteiger partial charge in [0.25, 0.3) is 0 Å². The Kier molecular flexibility index (Phi) is 8.07. The third kappa shape index (κ3) is 6.03. The lowest BCUT2D eigenvalue weighted by Crippen LogP contribution is -2.43. The van der Waals surface area contributed by atoms with Gasteiger partial charge >= 0.3 is 12.0 Å². The molecular weight excluding hydrogens is 510 g/mol. The van der Waals surface area contributed by atoms with Crippen molar-refractivity contribution in [2.45, 2.75) is 51.5 Å². The van der Waals surface area contributed by atoms with Crippen molar-refractivity contribution >= 4 is 51.1 Å². The molecule has 1 atom stereocenters. The van der Waals surface area contributed by atoms with Crippen LogP contribution in [-0.4, -0.2) is 56.4 Å². The normalized spacial score (nSPS) is 18.5. The number of morpholine rings is 1. The van der Waals surface area contributed by atoms with Crippen molar-refractivity contribution in [2.24, 2.45) is 0 Å². The lowest BCUT2D eigenvalue weighted by Gasteiger charge is -2.35. The summed E-state index contributed by atoms with van der Waals surface area (Å²) in [4.78, 5) is 29.7. The Morgan fingerprint density at radius 3 is 2.54 bits per heavy atom. The van der Waals surface area contributed by atoms with Gasteiger partial charge in [-0.25, -0.2) is 9.59 Å². The predicted octanol–water partition coefficient (Wildman–Crippen LogP) is 6.90. The number of carbonyl (C=O) groups is 2. The van der Waals surface area contributed by atoms with Crippen LogP contribution in [0.1, 0.15) is 60.1 Å². The van der Waals surface area contributed by atoms with Crippen LogP contribution in [0.15, 0.2) is 48.5 Å². The zero-order valence-electron chi connectivity index (χ0n) is 23.1. The monoisotopic (exact) mass is 547 g/mol. The van der Waals surface area contributed by atoms with Crippen molar-refractivity contribution in [2.75, 3.05) is 44.0 Å². The second-order valence-electron chi connectivity index (χ2n) is 11.2. The van der Waals surface area contributed by atoms with E-state index in [0.717, 1.165) is 72.5 Å². The lowest BCUT2D eigenvalue weighted by molar-refractivity contribution is 0.0234. The molecule has 5 rings (SSSR count). The van der Waals surface area contributed by atoms with Crippen LogP contribution in [0.5, 0.6) is 0 Å². The molecule has 0 spiro atoms. The number of hydrogen-bond donors (Lipinski definition) is 2. The molecule has 1 saturated heterocycles. The molecule has 39 heavy (non-hydrogen) atoms. The smallest absolute Gasteiger partial charge is 0.350 e. The van der Waals surface area contributed by atoms with Crippen LogP contribution in [0, 0.1) is 0 Å². The van der Waals surface area contributed by atoms with Crippen molar-refractivity contribution in [3.63, 3.8) is 0 Å². The Morgan fingerprint density at radius 1 is 1.05 bits per heavy atom. The number of fused-ring (bicyclic) bond motifs is 1. The molecule has 2 amide bonds. The van der Waals surface area contributed by atoms with Gasteiger partial charge in [0.05, 0.1) is 31.7 Å². The fourth-order valence-electron chi connectivity index (χ4n) is 5.40. The van der Waals surface area contributed by atoms with E-state index in [9.17, 15) is 9.59 Å². The molecule has 2 aromatic carbocycles. The van der Waals surface area contributed by atoms with E-state index in [2.05, 4.69) is 54.5 Å². The maximum absolute atomic E-state index is 13.4. The molecule has 1 aliphatic heterocycles. The molecule has 206 valence electrons. The van der Waals surface area contributed by atoms with Crippen molar-refractivity contribution in [1.82, 2.24) is 4.90 Å². The minimum Gasteiger partial charge on any atom is -0.465 e. The third-order valence-corrected chi connectivity index (χ3v) is 8.98. The highest BCUT2D eigenvalue weighted by molar-refractivity contribution is 7.14. The predicted molar refractivity (Wildman–Crippen MR) is 159 cm³/mol. The van der Waals surface area contributed by atoms with Gasteiger partial charge in [0.2, 0.25) is 0 Å². The number of rotatable bonds is 5. The Bertz CT molecular complexity index is 1400. The highest BCUT2D eigenvalue weighted by atomic mass is 32.1. The zero-order valence-corrected chi connectivity index (χ0v) is 24.0. The van der Waals surface area contributed by atoms with E-state index >= 15 is 0 Å². The summed E-state index contributed by atoms with van der Waals surface area (Å²) in [5, 5.41) is 8.27. The van der Waals surface area contributed by atoms with Gasteiger partial charge in [0.15, 0.2) is 0 Å². The molecule has 0 saturated carbocycles. The van der Waals surface area contributed by atoms with Crippen LogP contribution >= 0.6 is 11.3 Å². The number of methoxy groups -OCH3 is 1. The minimum atomic E-state index is -0.460. The molecule has 0 bridgehead atoms. The van der Waals surface area contributed by atoms with Crippen molar-refractivity contribution in [3.05, 3.63) is 63.9 Å². The van der Waals surface area contributed by atoms with Gasteiger partial charge in [0, 0.05) is 29.6 Å². The molecule has 2 N–H and O–H groups in total. The molecule has 1 fully saturated rings. The van der Waals surface area contributed by atoms with Gasteiger partial charge in [0.1, 0.15) is 4.88 Å². The van der Waals surface area contributed by atoms with Crippen LogP contribution in [0.4, 0.5) is 16.2 Å². The van der Waals surface area contributed by atoms with Crippen LogP contribution in [0.3, 0.4) is 0 Å². The summed E-state index contributed by atoms with van der Waals surface area (Å²) < 4.78 is 10.6. The third-order valence-electron chi connectivity index (χ3n) is 7.44. The summed E-state index contributed by atoms with van der Waals surface area (Å²) in [7, 11) is 1.35. The average molecular weight is 548 g/mol. The summed E-state index contributed by atoms with van der Waals surface area (Å²) >= 11 is 1.35. The van der Waals surface area contributed by atoms with Gasteiger partial charge in [-0.05, 0) is 53.2 Å². The maximum Gasteiger partial charge on any atom is 0.350 e. The number of thiophene rings is 1. The van der Waals surface area contributed by atoms with Crippen molar-refractivity contribution < 1.29 is 19.1 Å². The van der Waals surface area contributed by atoms with Crippen molar-refractivity contribution in [1.29, 1.82) is 0 Å². The molecule has 3 aromatic rings. The molecule has 8 heteroatoms. The zero-order chi connectivity index (χ0) is 27.6. The summed E-state index contributed by atoms with van der Waals surface area (Å²) in [6.07, 6.45) is 5.57. The van der Waals surface area contributed by atoms with Gasteiger partial charge in [-0.1, -0.05) is 57.2 Å². The number of anilines is 2. The maximum atomic E-state index is 13.4. The number of amides is 2. The highest BCUT2D eigenvalue weighted by Crippen LogP contribution is 2.39. The second kappa shape index (κ2) is 11.5. The summed E-state index contributed by atoms with van der Waals surface area (Å²) in [5.74, 6) is -0.460. The van der Waals surface area contributed by atoms with Crippen LogP contribution < -0.4 is 10.6 Å². The Labute approximate surface area is 234 Å². The van der Waals surface area contributed by atoms with Gasteiger partial charge < -0.3 is 20.1 Å². The van der Waals surface area contributed by atoms with Gasteiger partial charge in [-0.2, -0.15) is 0 Å². The molecule has 2 aliphatic rings. The number of esters is 1. The van der Waals surface area contributed by atoms with E-state index in [4.69, 9.17) is 9.47 Å². The molecular formula is C31H37N3O4S. The first-order chi connectivity index (χ1) is 18.7. The van der Waals surface area contributed by atoms with E-state index in [-0.39, 0.29) is 5.41 Å². The number of nitrogens with one attached hydrogen (secondary N) is 2. The quantitative estimate of drug-likeness (QED) is 0.340. The summed E-state index contributed by atoms with van der Waals surface area (Å²) in [6, 6.07) is 14.2. The van der Waals surface area contributed by atoms with Crippen LogP contribution in [0.25, 0.3) is 16.3 Å². The summed E-state index contributed by atoms with van der Waals surface area (Å²) in [5.41, 5.74) is 3.37. The number of carbonyl (C=O) groups excluding carboxylic acids is 2. The molecule has 7 nitrogen and oxygen atoms in total. The van der Waals surface area contributed by atoms with E-state index < -0.39 is 12.0 Å². The minimum absolute atomic E-state index is 0.167. The first kappa shape index (κ1) is 27.4. The molecule has 1 unspecified atom stereocenters. The van der Waals surface area contributed by atoms with Gasteiger partial charge in [-0.15, -0.1) is 11.3 Å². The Balaban J connectivity index is 1.47. The Morgan fingerprint density at radius 2 is 1.79 bits per heavy atom. The standard InChI is InChI=1S/C31H37N3O4S/c1-31(2,3)26-19-25(28(39-26)29(35)37-4)33-30(36)32-24-13-12-20-8-5-6-11-23(20)27(24)21-9-7-10-22(18-21)34-14-16-38-17-15-34/h5-6,8,11-13,18-19,22H,7,9-10,14-17H2,1-4H3,(H2,32,33,36). The molecule has 0 radical (unpaired) electrons. The number of hydrogen-bond acceptors (Lipinski definition) is 6. The van der Waals surface area contributed by atoms with Crippen LogP contribution in [-0.2, 0) is 14.9 Å². The van der Waals surface area contributed by atoms with Crippen LogP contribution in [0.2, 0.25) is 0 Å². The number of allylic oxidation sites excluding steroid dienone is 1. The first-order valence-electron chi connectivity index (χ1n) is 13.6. The number of benzene rings is 2.